The van der Waals surface area contributed by atoms with E-state index in [1.807, 2.05) is 24.3 Å². The fraction of sp³-hybridized carbons (Fsp3) is 0.263. The van der Waals surface area contributed by atoms with E-state index in [-0.39, 0.29) is 4.90 Å². The van der Waals surface area contributed by atoms with Gasteiger partial charge in [0.05, 0.1) is 24.7 Å². The first kappa shape index (κ1) is 19.2. The first-order valence-corrected chi connectivity index (χ1v) is 9.43. The summed E-state index contributed by atoms with van der Waals surface area (Å²) in [6.07, 6.45) is 0.713. The summed E-state index contributed by atoms with van der Waals surface area (Å²) in [5.74, 6) is 0.781. The normalized spacial score (nSPS) is 13.0. The lowest BCUT2D eigenvalue weighted by atomic mass is 10.2. The molecule has 0 bridgehead atoms. The van der Waals surface area contributed by atoms with Gasteiger partial charge in [-0.15, -0.1) is 0 Å². The maximum absolute atomic E-state index is 12.1. The summed E-state index contributed by atoms with van der Waals surface area (Å²) in [6.45, 7) is 0.742. The molecule has 1 atom stereocenters. The third kappa shape index (κ3) is 6.34. The largest absolute Gasteiger partial charge is 0.497 e. The third-order valence-corrected chi connectivity index (χ3v) is 4.98. The maximum Gasteiger partial charge on any atom is 0.199 e. The molecule has 6 heteroatoms. The Labute approximate surface area is 148 Å². The summed E-state index contributed by atoms with van der Waals surface area (Å²) in [5.41, 5.74) is 0.998. The van der Waals surface area contributed by atoms with Crippen LogP contribution in [-0.4, -0.2) is 33.3 Å². The molecule has 2 aromatic carbocycles. The number of aliphatic hydroxyl groups is 1. The second-order valence-electron chi connectivity index (χ2n) is 5.44. The minimum absolute atomic E-state index is 0.203. The highest BCUT2D eigenvalue weighted by atomic mass is 32.2. The van der Waals surface area contributed by atoms with Crippen molar-refractivity contribution in [1.82, 2.24) is 0 Å². The van der Waals surface area contributed by atoms with Crippen molar-refractivity contribution in [3.63, 3.8) is 0 Å². The zero-order valence-corrected chi connectivity index (χ0v) is 14.9. The van der Waals surface area contributed by atoms with Crippen LogP contribution in [0.4, 0.5) is 0 Å². The Morgan fingerprint density at radius 2 is 1.76 bits per heavy atom. The van der Waals surface area contributed by atoms with Crippen molar-refractivity contribution >= 4 is 9.84 Å². The van der Waals surface area contributed by atoms with E-state index in [4.69, 9.17) is 9.47 Å². The van der Waals surface area contributed by atoms with Crippen LogP contribution in [0, 0.1) is 0 Å². The lowest BCUT2D eigenvalue weighted by Crippen LogP contribution is -2.08. The van der Waals surface area contributed by atoms with Crippen LogP contribution in [0.15, 0.2) is 71.0 Å². The second-order valence-corrected chi connectivity index (χ2v) is 7.28. The Morgan fingerprint density at radius 3 is 2.40 bits per heavy atom. The molecule has 0 aliphatic carbocycles. The minimum atomic E-state index is -3.53. The highest BCUT2D eigenvalue weighted by Gasteiger charge is 2.10. The fourth-order valence-corrected chi connectivity index (χ4v) is 3.18. The van der Waals surface area contributed by atoms with Crippen molar-refractivity contribution in [1.29, 1.82) is 0 Å². The Hall–Kier alpha value is -2.15. The van der Waals surface area contributed by atoms with Gasteiger partial charge in [0.1, 0.15) is 5.75 Å². The molecule has 0 radical (unpaired) electrons. The van der Waals surface area contributed by atoms with Gasteiger partial charge < -0.3 is 14.6 Å². The molecule has 0 aromatic heterocycles. The molecule has 25 heavy (non-hydrogen) atoms. The zero-order valence-electron chi connectivity index (χ0n) is 14.0. The van der Waals surface area contributed by atoms with Crippen LogP contribution in [0.3, 0.4) is 0 Å². The predicted octanol–water partition coefficient (Wildman–Crippen LogP) is 2.95. The quantitative estimate of drug-likeness (QED) is 0.695. The molecule has 0 heterocycles. The highest BCUT2D eigenvalue weighted by molar-refractivity contribution is 7.94. The summed E-state index contributed by atoms with van der Waals surface area (Å²) in [6, 6.07) is 15.6. The minimum Gasteiger partial charge on any atom is -0.497 e. The molecule has 5 nitrogen and oxygen atoms in total. The first-order chi connectivity index (χ1) is 12.0. The first-order valence-electron chi connectivity index (χ1n) is 7.88. The number of ether oxygens (including phenoxy) is 2. The van der Waals surface area contributed by atoms with E-state index in [2.05, 4.69) is 0 Å². The lowest BCUT2D eigenvalue weighted by Gasteiger charge is -2.08. The Kier molecular flexibility index (Phi) is 7.18. The van der Waals surface area contributed by atoms with Crippen LogP contribution in [0.1, 0.15) is 12.0 Å². The van der Waals surface area contributed by atoms with E-state index in [1.165, 1.54) is 18.2 Å². The third-order valence-electron chi connectivity index (χ3n) is 3.54. The second kappa shape index (κ2) is 9.36. The van der Waals surface area contributed by atoms with Crippen LogP contribution in [0.2, 0.25) is 0 Å². The van der Waals surface area contributed by atoms with Gasteiger partial charge in [0, 0.05) is 18.4 Å². The Bertz CT molecular complexity index is 767. The van der Waals surface area contributed by atoms with Crippen LogP contribution in [0.5, 0.6) is 5.75 Å². The summed E-state index contributed by atoms with van der Waals surface area (Å²) in [5, 5.41) is 10.9. The van der Waals surface area contributed by atoms with E-state index in [9.17, 15) is 13.5 Å². The smallest absolute Gasteiger partial charge is 0.199 e. The number of aliphatic hydroxyl groups excluding tert-OH is 1. The standard InChI is InChI=1S/C19H22O5S/c1-23-18-9-7-16(8-10-18)15-24-13-11-17(20)12-14-25(21,22)19-5-3-2-4-6-19/h2-10,12,14,17,20H,11,13,15H2,1H3/b14-12+. The molecule has 0 fully saturated rings. The van der Waals surface area contributed by atoms with Crippen molar-refractivity contribution in [3.05, 3.63) is 71.6 Å². The number of sulfone groups is 1. The average Bonchev–Trinajstić information content (AvgIpc) is 2.65. The molecule has 0 saturated heterocycles. The van der Waals surface area contributed by atoms with Gasteiger partial charge in [-0.1, -0.05) is 30.3 Å². The van der Waals surface area contributed by atoms with Crippen LogP contribution >= 0.6 is 0 Å². The number of benzene rings is 2. The molecule has 1 unspecified atom stereocenters. The van der Waals surface area contributed by atoms with E-state index >= 15 is 0 Å². The number of hydrogen-bond donors (Lipinski definition) is 1. The molecule has 2 aromatic rings. The van der Waals surface area contributed by atoms with Gasteiger partial charge in [0.15, 0.2) is 9.84 Å². The zero-order chi connectivity index (χ0) is 18.1. The Morgan fingerprint density at radius 1 is 1.08 bits per heavy atom. The van der Waals surface area contributed by atoms with Gasteiger partial charge >= 0.3 is 0 Å². The molecule has 134 valence electrons. The van der Waals surface area contributed by atoms with Crippen molar-refractivity contribution in [2.75, 3.05) is 13.7 Å². The fourth-order valence-electron chi connectivity index (χ4n) is 2.09. The summed E-state index contributed by atoms with van der Waals surface area (Å²) >= 11 is 0. The highest BCUT2D eigenvalue weighted by Crippen LogP contribution is 2.13. The van der Waals surface area contributed by atoms with Crippen LogP contribution < -0.4 is 4.74 Å². The van der Waals surface area contributed by atoms with Crippen molar-refractivity contribution in [2.45, 2.75) is 24.0 Å². The molecular formula is C19H22O5S. The van der Waals surface area contributed by atoms with Gasteiger partial charge in [-0.3, -0.25) is 0 Å². The van der Waals surface area contributed by atoms with E-state index in [0.717, 1.165) is 16.7 Å². The molecule has 0 saturated carbocycles. The van der Waals surface area contributed by atoms with E-state index < -0.39 is 15.9 Å². The SMILES string of the molecule is COc1ccc(COCCC(O)/C=C/S(=O)(=O)c2ccccc2)cc1. The van der Waals surface area contributed by atoms with Gasteiger partial charge in [-0.05, 0) is 35.9 Å². The maximum atomic E-state index is 12.1. The molecule has 1 N–H and O–H groups in total. The molecule has 0 spiro atoms. The van der Waals surface area contributed by atoms with E-state index in [1.54, 1.807) is 25.3 Å². The Balaban J connectivity index is 1.75. The summed E-state index contributed by atoms with van der Waals surface area (Å²) < 4.78 is 34.7. The van der Waals surface area contributed by atoms with Gasteiger partial charge in [-0.2, -0.15) is 0 Å². The molecular weight excluding hydrogens is 340 g/mol. The van der Waals surface area contributed by atoms with Gasteiger partial charge in [0.2, 0.25) is 0 Å². The number of methoxy groups -OCH3 is 1. The lowest BCUT2D eigenvalue weighted by molar-refractivity contribution is 0.0883. The number of hydrogen-bond acceptors (Lipinski definition) is 5. The van der Waals surface area contributed by atoms with Crippen molar-refractivity contribution in [3.8, 4) is 5.75 Å². The van der Waals surface area contributed by atoms with Crippen molar-refractivity contribution < 1.29 is 23.0 Å². The molecule has 2 rings (SSSR count). The van der Waals surface area contributed by atoms with Crippen LogP contribution in [-0.2, 0) is 21.2 Å². The van der Waals surface area contributed by atoms with Gasteiger partial charge in [0.25, 0.3) is 0 Å². The van der Waals surface area contributed by atoms with E-state index in [0.29, 0.717) is 19.6 Å². The summed E-state index contributed by atoms with van der Waals surface area (Å²) in [7, 11) is -1.92. The van der Waals surface area contributed by atoms with Crippen LogP contribution in [0.25, 0.3) is 0 Å². The predicted molar refractivity (Wildman–Crippen MR) is 96.0 cm³/mol. The average molecular weight is 362 g/mol. The van der Waals surface area contributed by atoms with Crippen molar-refractivity contribution in [2.24, 2.45) is 0 Å². The topological polar surface area (TPSA) is 72.8 Å². The van der Waals surface area contributed by atoms with Gasteiger partial charge in [-0.25, -0.2) is 8.42 Å². The molecule has 0 aliphatic heterocycles. The number of rotatable bonds is 9. The monoisotopic (exact) mass is 362 g/mol. The molecule has 0 amide bonds. The summed E-state index contributed by atoms with van der Waals surface area (Å²) in [4.78, 5) is 0.203. The molecule has 0 aliphatic rings.